The Balaban J connectivity index is 1.55. The summed E-state index contributed by atoms with van der Waals surface area (Å²) in [4.78, 5) is 33.8. The monoisotopic (exact) mass is 329 g/mol. The predicted molar refractivity (Wildman–Crippen MR) is 90.4 cm³/mol. The number of hydrogen-bond acceptors (Lipinski definition) is 4. The summed E-state index contributed by atoms with van der Waals surface area (Å²) in [6.07, 6.45) is 2.62. The number of imidazole rings is 1. The first-order chi connectivity index (χ1) is 11.7. The maximum atomic E-state index is 12.4. The molecule has 1 fully saturated rings. The Hall–Kier alpha value is -2.37. The van der Waals surface area contributed by atoms with Crippen LogP contribution in [0.3, 0.4) is 0 Å². The number of ether oxygens (including phenoxy) is 1. The Morgan fingerprint density at radius 1 is 1.38 bits per heavy atom. The van der Waals surface area contributed by atoms with Crippen molar-refractivity contribution in [2.45, 2.75) is 32.6 Å². The normalized spacial score (nSPS) is 17.9. The number of piperidine rings is 1. The number of likely N-dealkylation sites (tertiary alicyclic amines) is 1. The summed E-state index contributed by atoms with van der Waals surface area (Å²) in [5.41, 5.74) is 1.90. The van der Waals surface area contributed by atoms with Gasteiger partial charge in [-0.15, -0.1) is 0 Å². The Bertz CT molecular complexity index is 692. The van der Waals surface area contributed by atoms with Gasteiger partial charge in [0, 0.05) is 25.9 Å². The van der Waals surface area contributed by atoms with E-state index in [1.807, 2.05) is 24.3 Å². The summed E-state index contributed by atoms with van der Waals surface area (Å²) in [5, 5.41) is 0. The molecule has 1 aliphatic rings. The number of nitrogens with one attached hydrogen (secondary N) is 1. The van der Waals surface area contributed by atoms with Crippen molar-refractivity contribution in [1.29, 1.82) is 0 Å². The summed E-state index contributed by atoms with van der Waals surface area (Å²) in [7, 11) is 0. The van der Waals surface area contributed by atoms with Gasteiger partial charge < -0.3 is 14.6 Å². The number of rotatable bonds is 5. The summed E-state index contributed by atoms with van der Waals surface area (Å²) >= 11 is 0. The first-order valence-corrected chi connectivity index (χ1v) is 8.55. The zero-order valence-corrected chi connectivity index (χ0v) is 14.0. The lowest BCUT2D eigenvalue weighted by molar-refractivity contribution is -0.151. The number of esters is 1. The van der Waals surface area contributed by atoms with Gasteiger partial charge in [-0.05, 0) is 31.9 Å². The SMILES string of the molecule is CCOC(=O)C1CCCN(C(=O)CCc2nc3ccccc3[nH]2)C1. The molecule has 3 rings (SSSR count). The van der Waals surface area contributed by atoms with E-state index in [-0.39, 0.29) is 17.8 Å². The number of aromatic nitrogens is 2. The number of carbonyl (C=O) groups is 2. The van der Waals surface area contributed by atoms with E-state index in [1.54, 1.807) is 11.8 Å². The fraction of sp³-hybridized carbons (Fsp3) is 0.500. The van der Waals surface area contributed by atoms with Crippen LogP contribution in [0.4, 0.5) is 0 Å². The molecule has 128 valence electrons. The number of hydrogen-bond donors (Lipinski definition) is 1. The zero-order valence-electron chi connectivity index (χ0n) is 14.0. The van der Waals surface area contributed by atoms with Crippen LogP contribution in [-0.4, -0.2) is 46.4 Å². The van der Waals surface area contributed by atoms with E-state index < -0.39 is 0 Å². The third-order valence-corrected chi connectivity index (χ3v) is 4.41. The van der Waals surface area contributed by atoms with E-state index >= 15 is 0 Å². The maximum absolute atomic E-state index is 12.4. The van der Waals surface area contributed by atoms with Gasteiger partial charge in [-0.2, -0.15) is 0 Å². The van der Waals surface area contributed by atoms with E-state index in [9.17, 15) is 9.59 Å². The molecule has 0 bridgehead atoms. The van der Waals surface area contributed by atoms with Gasteiger partial charge in [0.2, 0.25) is 5.91 Å². The molecular formula is C18H23N3O3. The number of aromatic amines is 1. The van der Waals surface area contributed by atoms with E-state index in [4.69, 9.17) is 4.74 Å². The molecule has 1 N–H and O–H groups in total. The highest BCUT2D eigenvalue weighted by Crippen LogP contribution is 2.19. The van der Waals surface area contributed by atoms with Gasteiger partial charge in [-0.3, -0.25) is 9.59 Å². The minimum atomic E-state index is -0.188. The molecule has 6 nitrogen and oxygen atoms in total. The Kier molecular flexibility index (Phi) is 5.13. The number of para-hydroxylation sites is 2. The fourth-order valence-electron chi connectivity index (χ4n) is 3.16. The van der Waals surface area contributed by atoms with Gasteiger partial charge in [-0.1, -0.05) is 12.1 Å². The molecule has 0 spiro atoms. The number of H-pyrrole nitrogens is 1. The molecule has 1 aliphatic heterocycles. The predicted octanol–water partition coefficient (Wildman–Crippen LogP) is 2.30. The average molecular weight is 329 g/mol. The van der Waals surface area contributed by atoms with Crippen LogP contribution in [0.2, 0.25) is 0 Å². The Labute approximate surface area is 141 Å². The standard InChI is InChI=1S/C18H23N3O3/c1-2-24-18(23)13-6-5-11-21(12-13)17(22)10-9-16-19-14-7-3-4-8-15(14)20-16/h3-4,7-8,13H,2,5-6,9-12H2,1H3,(H,19,20). The lowest BCUT2D eigenvalue weighted by Gasteiger charge is -2.31. The summed E-state index contributed by atoms with van der Waals surface area (Å²) < 4.78 is 5.08. The van der Waals surface area contributed by atoms with Gasteiger partial charge in [-0.25, -0.2) is 4.98 Å². The summed E-state index contributed by atoms with van der Waals surface area (Å²) in [5.74, 6) is 0.522. The second-order valence-electron chi connectivity index (χ2n) is 6.13. The van der Waals surface area contributed by atoms with Crippen LogP contribution in [0.15, 0.2) is 24.3 Å². The fourth-order valence-corrected chi connectivity index (χ4v) is 3.16. The second kappa shape index (κ2) is 7.47. The number of nitrogens with zero attached hydrogens (tertiary/aromatic N) is 2. The van der Waals surface area contributed by atoms with Gasteiger partial charge >= 0.3 is 5.97 Å². The van der Waals surface area contributed by atoms with Crippen molar-refractivity contribution in [2.75, 3.05) is 19.7 Å². The van der Waals surface area contributed by atoms with Crippen molar-refractivity contribution in [3.05, 3.63) is 30.1 Å². The largest absolute Gasteiger partial charge is 0.466 e. The van der Waals surface area contributed by atoms with Crippen molar-refractivity contribution in [2.24, 2.45) is 5.92 Å². The highest BCUT2D eigenvalue weighted by atomic mass is 16.5. The number of amides is 1. The minimum absolute atomic E-state index is 0.0736. The highest BCUT2D eigenvalue weighted by Gasteiger charge is 2.29. The molecule has 2 aromatic rings. The van der Waals surface area contributed by atoms with Crippen molar-refractivity contribution >= 4 is 22.9 Å². The number of carbonyl (C=O) groups excluding carboxylic acids is 2. The van der Waals surface area contributed by atoms with Crippen molar-refractivity contribution in [3.63, 3.8) is 0 Å². The average Bonchev–Trinajstić information content (AvgIpc) is 3.03. The Morgan fingerprint density at radius 3 is 3.00 bits per heavy atom. The van der Waals surface area contributed by atoms with Crippen LogP contribution < -0.4 is 0 Å². The second-order valence-corrected chi connectivity index (χ2v) is 6.13. The third kappa shape index (κ3) is 3.75. The van der Waals surface area contributed by atoms with E-state index in [0.717, 1.165) is 36.2 Å². The molecule has 6 heteroatoms. The first-order valence-electron chi connectivity index (χ1n) is 8.55. The number of benzene rings is 1. The van der Waals surface area contributed by atoms with Crippen LogP contribution in [0, 0.1) is 5.92 Å². The molecule has 0 radical (unpaired) electrons. The van der Waals surface area contributed by atoms with Crippen LogP contribution in [0.5, 0.6) is 0 Å². The van der Waals surface area contributed by atoms with Gasteiger partial charge in [0.25, 0.3) is 0 Å². The lowest BCUT2D eigenvalue weighted by atomic mass is 9.98. The number of fused-ring (bicyclic) bond motifs is 1. The maximum Gasteiger partial charge on any atom is 0.310 e. The van der Waals surface area contributed by atoms with Gasteiger partial charge in [0.1, 0.15) is 5.82 Å². The molecule has 1 amide bonds. The van der Waals surface area contributed by atoms with Crippen molar-refractivity contribution in [1.82, 2.24) is 14.9 Å². The smallest absolute Gasteiger partial charge is 0.310 e. The molecule has 1 atom stereocenters. The third-order valence-electron chi connectivity index (χ3n) is 4.41. The molecule has 1 saturated heterocycles. The van der Waals surface area contributed by atoms with Crippen LogP contribution in [-0.2, 0) is 20.7 Å². The van der Waals surface area contributed by atoms with Crippen LogP contribution in [0.25, 0.3) is 11.0 Å². The molecular weight excluding hydrogens is 306 g/mol. The molecule has 0 aliphatic carbocycles. The molecule has 1 aromatic heterocycles. The molecule has 0 saturated carbocycles. The van der Waals surface area contributed by atoms with E-state index in [1.165, 1.54) is 0 Å². The van der Waals surface area contributed by atoms with Crippen LogP contribution >= 0.6 is 0 Å². The molecule has 24 heavy (non-hydrogen) atoms. The van der Waals surface area contributed by atoms with E-state index in [2.05, 4.69) is 9.97 Å². The van der Waals surface area contributed by atoms with Crippen LogP contribution in [0.1, 0.15) is 32.0 Å². The first kappa shape index (κ1) is 16.5. The quantitative estimate of drug-likeness (QED) is 0.854. The minimum Gasteiger partial charge on any atom is -0.466 e. The summed E-state index contributed by atoms with van der Waals surface area (Å²) in [6, 6.07) is 7.83. The van der Waals surface area contributed by atoms with Crippen molar-refractivity contribution in [3.8, 4) is 0 Å². The van der Waals surface area contributed by atoms with Crippen molar-refractivity contribution < 1.29 is 14.3 Å². The highest BCUT2D eigenvalue weighted by molar-refractivity contribution is 5.79. The van der Waals surface area contributed by atoms with Gasteiger partial charge in [0.15, 0.2) is 0 Å². The topological polar surface area (TPSA) is 75.3 Å². The molecule has 1 unspecified atom stereocenters. The molecule has 1 aromatic carbocycles. The lowest BCUT2D eigenvalue weighted by Crippen LogP contribution is -2.42. The number of aryl methyl sites for hydroxylation is 1. The Morgan fingerprint density at radius 2 is 2.21 bits per heavy atom. The zero-order chi connectivity index (χ0) is 16.9. The van der Waals surface area contributed by atoms with Gasteiger partial charge in [0.05, 0.1) is 23.6 Å². The van der Waals surface area contributed by atoms with E-state index in [0.29, 0.717) is 26.0 Å². The summed E-state index contributed by atoms with van der Waals surface area (Å²) in [6.45, 7) is 3.37. The molecule has 2 heterocycles.